The summed E-state index contributed by atoms with van der Waals surface area (Å²) in [5.74, 6) is 0. The first kappa shape index (κ1) is 14.8. The largest absolute Gasteiger partial charge is 0.303 e. The van der Waals surface area contributed by atoms with Crippen LogP contribution in [0.3, 0.4) is 0 Å². The highest BCUT2D eigenvalue weighted by Crippen LogP contribution is 2.52. The molecule has 0 saturated carbocycles. The summed E-state index contributed by atoms with van der Waals surface area (Å²) in [7, 11) is 0. The van der Waals surface area contributed by atoms with Gasteiger partial charge in [0.25, 0.3) is 0 Å². The monoisotopic (exact) mass is 384 g/mol. The SMILES string of the molecule is Cc1cc(C)cc(P(=O)(I)c2cc(C)cc(C)c2)c1. The van der Waals surface area contributed by atoms with Crippen molar-refractivity contribution in [1.29, 1.82) is 0 Å². The van der Waals surface area contributed by atoms with Crippen LogP contribution in [0.5, 0.6) is 0 Å². The Morgan fingerprint density at radius 2 is 0.947 bits per heavy atom. The Hall–Kier alpha value is -0.600. The Morgan fingerprint density at radius 3 is 1.21 bits per heavy atom. The maximum Gasteiger partial charge on any atom is 0.198 e. The van der Waals surface area contributed by atoms with Gasteiger partial charge in [0, 0.05) is 32.7 Å². The van der Waals surface area contributed by atoms with E-state index in [2.05, 4.69) is 61.9 Å². The molecule has 0 aliphatic rings. The molecule has 0 heterocycles. The number of aryl methyl sites for hydroxylation is 4. The van der Waals surface area contributed by atoms with Crippen LogP contribution in [0.2, 0.25) is 0 Å². The predicted octanol–water partition coefficient (Wildman–Crippen LogP) is 4.58. The van der Waals surface area contributed by atoms with E-state index in [1.165, 1.54) is 0 Å². The molecule has 2 aromatic carbocycles. The third-order valence-electron chi connectivity index (χ3n) is 3.08. The van der Waals surface area contributed by atoms with Crippen LogP contribution in [0.25, 0.3) is 0 Å². The summed E-state index contributed by atoms with van der Waals surface area (Å²) in [6, 6.07) is 12.4. The zero-order chi connectivity index (χ0) is 14.2. The van der Waals surface area contributed by atoms with E-state index in [1.54, 1.807) is 0 Å². The van der Waals surface area contributed by atoms with Crippen LogP contribution in [0.4, 0.5) is 0 Å². The van der Waals surface area contributed by atoms with E-state index in [-0.39, 0.29) is 0 Å². The second-order valence-corrected chi connectivity index (χ2v) is 11.4. The molecule has 1 nitrogen and oxygen atoms in total. The average molecular weight is 384 g/mol. The molecule has 0 aromatic heterocycles. The molecule has 0 amide bonds. The fourth-order valence-corrected chi connectivity index (χ4v) is 5.83. The van der Waals surface area contributed by atoms with Gasteiger partial charge in [-0.1, -0.05) is 34.4 Å². The van der Waals surface area contributed by atoms with Crippen LogP contribution in [0.1, 0.15) is 22.3 Å². The van der Waals surface area contributed by atoms with E-state index in [0.717, 1.165) is 32.9 Å². The van der Waals surface area contributed by atoms with Gasteiger partial charge in [-0.2, -0.15) is 0 Å². The maximum atomic E-state index is 13.2. The maximum absolute atomic E-state index is 13.2. The average Bonchev–Trinajstić information content (AvgIpc) is 2.26. The molecule has 0 N–H and O–H groups in total. The summed E-state index contributed by atoms with van der Waals surface area (Å²) < 4.78 is 13.2. The van der Waals surface area contributed by atoms with Gasteiger partial charge in [0.1, 0.15) is 0 Å². The van der Waals surface area contributed by atoms with Crippen LogP contribution in [0.15, 0.2) is 36.4 Å². The summed E-state index contributed by atoms with van der Waals surface area (Å²) in [6.07, 6.45) is 0. The topological polar surface area (TPSA) is 17.1 Å². The molecule has 2 rings (SSSR count). The second-order valence-electron chi connectivity index (χ2n) is 5.22. The normalized spacial score (nSPS) is 11.6. The molecule has 3 heteroatoms. The van der Waals surface area contributed by atoms with E-state index in [1.807, 2.05) is 24.3 Å². The minimum atomic E-state index is -2.54. The van der Waals surface area contributed by atoms with Gasteiger partial charge >= 0.3 is 0 Å². The molecule has 0 bridgehead atoms. The van der Waals surface area contributed by atoms with E-state index < -0.39 is 4.78 Å². The van der Waals surface area contributed by atoms with Crippen LogP contribution in [-0.2, 0) is 4.57 Å². The van der Waals surface area contributed by atoms with E-state index in [4.69, 9.17) is 0 Å². The lowest BCUT2D eigenvalue weighted by Gasteiger charge is -2.15. The molecule has 0 radical (unpaired) electrons. The number of hydrogen-bond donors (Lipinski definition) is 0. The molecule has 100 valence electrons. The molecule has 0 aliphatic heterocycles. The van der Waals surface area contributed by atoms with Crippen molar-refractivity contribution in [2.75, 3.05) is 0 Å². The van der Waals surface area contributed by atoms with Crippen LogP contribution in [-0.4, -0.2) is 0 Å². The van der Waals surface area contributed by atoms with E-state index >= 15 is 0 Å². The molecule has 0 unspecified atom stereocenters. The van der Waals surface area contributed by atoms with Gasteiger partial charge in [0.15, 0.2) is 4.78 Å². The number of benzene rings is 2. The van der Waals surface area contributed by atoms with Crippen molar-refractivity contribution in [1.82, 2.24) is 0 Å². The standard InChI is InChI=1S/C16H18IOP/c1-11-5-12(2)8-15(7-11)19(17,18)16-9-13(3)6-14(4)10-16/h5-10H,1-4H3. The highest BCUT2D eigenvalue weighted by Gasteiger charge is 2.24. The number of rotatable bonds is 2. The summed E-state index contributed by atoms with van der Waals surface area (Å²) in [6.45, 7) is 8.20. The summed E-state index contributed by atoms with van der Waals surface area (Å²) in [5.41, 5.74) is 4.65. The smallest absolute Gasteiger partial charge is 0.198 e. The van der Waals surface area contributed by atoms with Crippen molar-refractivity contribution < 1.29 is 4.57 Å². The summed E-state index contributed by atoms with van der Waals surface area (Å²) in [5, 5.41) is 1.88. The third-order valence-corrected chi connectivity index (χ3v) is 8.26. The zero-order valence-electron chi connectivity index (χ0n) is 11.7. The molecule has 0 aliphatic carbocycles. The van der Waals surface area contributed by atoms with Crippen molar-refractivity contribution >= 4 is 37.4 Å². The van der Waals surface area contributed by atoms with Crippen molar-refractivity contribution in [3.05, 3.63) is 58.7 Å². The fraction of sp³-hybridized carbons (Fsp3) is 0.250. The van der Waals surface area contributed by atoms with Gasteiger partial charge in [-0.3, -0.25) is 0 Å². The lowest BCUT2D eigenvalue weighted by atomic mass is 10.2. The lowest BCUT2D eigenvalue weighted by molar-refractivity contribution is 0.597. The Labute approximate surface area is 128 Å². The molecule has 0 spiro atoms. The quantitative estimate of drug-likeness (QED) is 0.547. The van der Waals surface area contributed by atoms with Gasteiger partial charge in [-0.15, -0.1) is 0 Å². The first-order valence-corrected chi connectivity index (χ1v) is 10.8. The lowest BCUT2D eigenvalue weighted by Crippen LogP contribution is -2.13. The number of hydrogen-bond acceptors (Lipinski definition) is 1. The first-order chi connectivity index (χ1) is 8.79. The van der Waals surface area contributed by atoms with Crippen LogP contribution < -0.4 is 10.6 Å². The van der Waals surface area contributed by atoms with Crippen molar-refractivity contribution in [2.45, 2.75) is 27.7 Å². The van der Waals surface area contributed by atoms with E-state index in [9.17, 15) is 4.57 Å². The van der Waals surface area contributed by atoms with E-state index in [0.29, 0.717) is 0 Å². The Kier molecular flexibility index (Phi) is 4.22. The zero-order valence-corrected chi connectivity index (χ0v) is 14.7. The Morgan fingerprint density at radius 1 is 0.684 bits per heavy atom. The fourth-order valence-electron chi connectivity index (χ4n) is 2.38. The third kappa shape index (κ3) is 3.29. The van der Waals surface area contributed by atoms with Gasteiger partial charge in [0.05, 0.1) is 0 Å². The molecular weight excluding hydrogens is 366 g/mol. The van der Waals surface area contributed by atoms with Gasteiger partial charge < -0.3 is 4.57 Å². The molecule has 2 aromatic rings. The minimum Gasteiger partial charge on any atom is -0.303 e. The highest BCUT2D eigenvalue weighted by molar-refractivity contribution is 14.2. The second kappa shape index (κ2) is 5.41. The summed E-state index contributed by atoms with van der Waals surface area (Å²) in [4.78, 5) is -2.54. The predicted molar refractivity (Wildman–Crippen MR) is 92.7 cm³/mol. The molecule has 0 fully saturated rings. The molecule has 0 saturated heterocycles. The molecule has 19 heavy (non-hydrogen) atoms. The summed E-state index contributed by atoms with van der Waals surface area (Å²) >= 11 is 2.13. The van der Waals surface area contributed by atoms with Crippen LogP contribution in [0, 0.1) is 27.7 Å². The Balaban J connectivity index is 2.61. The number of halogens is 1. The molecule has 0 atom stereocenters. The molecular formula is C16H18IOP. The van der Waals surface area contributed by atoms with Crippen molar-refractivity contribution in [2.24, 2.45) is 0 Å². The minimum absolute atomic E-state index is 0.940. The van der Waals surface area contributed by atoms with Crippen molar-refractivity contribution in [3.63, 3.8) is 0 Å². The Bertz CT molecular complexity index is 580. The van der Waals surface area contributed by atoms with Gasteiger partial charge in [-0.25, -0.2) is 0 Å². The van der Waals surface area contributed by atoms with Gasteiger partial charge in [-0.05, 0) is 52.0 Å². The van der Waals surface area contributed by atoms with Gasteiger partial charge in [0.2, 0.25) is 0 Å². The van der Waals surface area contributed by atoms with Crippen LogP contribution >= 0.6 is 26.8 Å². The van der Waals surface area contributed by atoms with Crippen molar-refractivity contribution in [3.8, 4) is 0 Å². The highest BCUT2D eigenvalue weighted by atomic mass is 127. The first-order valence-electron chi connectivity index (χ1n) is 6.26.